The molecule has 0 aliphatic carbocycles. The Balaban J connectivity index is 2.16. The molecule has 0 saturated carbocycles. The van der Waals surface area contributed by atoms with Crippen LogP contribution in [-0.2, 0) is 0 Å². The van der Waals surface area contributed by atoms with Crippen LogP contribution >= 0.6 is 0 Å². The van der Waals surface area contributed by atoms with Crippen molar-refractivity contribution in [3.63, 3.8) is 0 Å². The second kappa shape index (κ2) is 9.23. The summed E-state index contributed by atoms with van der Waals surface area (Å²) < 4.78 is 0. The summed E-state index contributed by atoms with van der Waals surface area (Å²) in [6.45, 7) is 7.18. The summed E-state index contributed by atoms with van der Waals surface area (Å²) in [4.78, 5) is 11.5. The predicted octanol–water partition coefficient (Wildman–Crippen LogP) is 3.58. The molecule has 130 valence electrons. The van der Waals surface area contributed by atoms with Gasteiger partial charge in [-0.2, -0.15) is 0 Å². The summed E-state index contributed by atoms with van der Waals surface area (Å²) in [6, 6.07) is 12.1. The normalized spacial score (nSPS) is 11.1. The van der Waals surface area contributed by atoms with Gasteiger partial charge in [0.1, 0.15) is 11.6 Å². The van der Waals surface area contributed by atoms with Gasteiger partial charge < -0.3 is 15.5 Å². The van der Waals surface area contributed by atoms with Gasteiger partial charge in [0, 0.05) is 31.3 Å². The lowest BCUT2D eigenvalue weighted by molar-refractivity contribution is 0.425. The van der Waals surface area contributed by atoms with Crippen molar-refractivity contribution in [2.75, 3.05) is 44.4 Å². The number of hydrogen-bond acceptors (Lipinski definition) is 5. The Morgan fingerprint density at radius 3 is 2.17 bits per heavy atom. The maximum atomic E-state index is 4.67. The topological polar surface area (TPSA) is 53.1 Å². The van der Waals surface area contributed by atoms with Crippen LogP contribution in [0.3, 0.4) is 0 Å². The Bertz CT molecular complexity index is 578. The molecular weight excluding hydrogens is 298 g/mol. The van der Waals surface area contributed by atoms with Gasteiger partial charge in [-0.05, 0) is 26.4 Å². The average Bonchev–Trinajstić information content (AvgIpc) is 2.55. The Morgan fingerprint density at radius 2 is 1.58 bits per heavy atom. The van der Waals surface area contributed by atoms with Crippen molar-refractivity contribution in [3.05, 3.63) is 36.4 Å². The van der Waals surface area contributed by atoms with E-state index in [1.807, 2.05) is 36.4 Å². The molecule has 0 atom stereocenters. The van der Waals surface area contributed by atoms with Crippen LogP contribution in [0.5, 0.6) is 0 Å². The van der Waals surface area contributed by atoms with E-state index >= 15 is 0 Å². The molecule has 5 nitrogen and oxygen atoms in total. The van der Waals surface area contributed by atoms with Crippen LogP contribution in [-0.4, -0.2) is 48.6 Å². The van der Waals surface area contributed by atoms with Crippen LogP contribution in [0.1, 0.15) is 20.3 Å². The van der Waals surface area contributed by atoms with Crippen molar-refractivity contribution >= 4 is 11.6 Å². The Morgan fingerprint density at radius 1 is 0.958 bits per heavy atom. The number of nitrogens with zero attached hydrogens (tertiary/aromatic N) is 3. The van der Waals surface area contributed by atoms with E-state index in [2.05, 4.69) is 53.4 Å². The number of likely N-dealkylation sites (N-methyl/N-ethyl adjacent to an activating group) is 1. The molecule has 0 bridgehead atoms. The zero-order chi connectivity index (χ0) is 17.4. The van der Waals surface area contributed by atoms with Gasteiger partial charge >= 0.3 is 0 Å². The zero-order valence-electron chi connectivity index (χ0n) is 15.2. The fourth-order valence-corrected chi connectivity index (χ4v) is 2.24. The number of anilines is 2. The van der Waals surface area contributed by atoms with Gasteiger partial charge in [0.05, 0.1) is 0 Å². The average molecular weight is 327 g/mol. The SMILES string of the molecule is CC(C)CCNc1cc(NCCN(C)C)nc(-c2ccccc2)n1. The monoisotopic (exact) mass is 327 g/mol. The Labute approximate surface area is 145 Å². The second-order valence-corrected chi connectivity index (χ2v) is 6.67. The Hall–Kier alpha value is -2.14. The van der Waals surface area contributed by atoms with Gasteiger partial charge in [-0.15, -0.1) is 0 Å². The van der Waals surface area contributed by atoms with Crippen molar-refractivity contribution in [1.29, 1.82) is 0 Å². The van der Waals surface area contributed by atoms with E-state index in [0.29, 0.717) is 5.92 Å². The number of rotatable bonds is 9. The van der Waals surface area contributed by atoms with Crippen LogP contribution in [0.4, 0.5) is 11.6 Å². The standard InChI is InChI=1S/C19H29N5/c1-15(2)10-11-20-17-14-18(21-12-13-24(3)4)23-19(22-17)16-8-6-5-7-9-16/h5-9,14-15H,10-13H2,1-4H3,(H2,20,21,22,23). The van der Waals surface area contributed by atoms with Crippen LogP contribution in [0.15, 0.2) is 36.4 Å². The molecule has 0 radical (unpaired) electrons. The van der Waals surface area contributed by atoms with Gasteiger partial charge in [-0.25, -0.2) is 9.97 Å². The summed E-state index contributed by atoms with van der Waals surface area (Å²) >= 11 is 0. The number of benzene rings is 1. The first-order chi connectivity index (χ1) is 11.5. The smallest absolute Gasteiger partial charge is 0.163 e. The highest BCUT2D eigenvalue weighted by Gasteiger charge is 2.07. The fraction of sp³-hybridized carbons (Fsp3) is 0.474. The molecule has 2 rings (SSSR count). The maximum Gasteiger partial charge on any atom is 0.163 e. The first-order valence-electron chi connectivity index (χ1n) is 8.61. The van der Waals surface area contributed by atoms with Crippen LogP contribution in [0.25, 0.3) is 11.4 Å². The van der Waals surface area contributed by atoms with Gasteiger partial charge in [-0.1, -0.05) is 44.2 Å². The van der Waals surface area contributed by atoms with E-state index in [1.165, 1.54) is 0 Å². The minimum Gasteiger partial charge on any atom is -0.370 e. The van der Waals surface area contributed by atoms with Crippen LogP contribution in [0, 0.1) is 5.92 Å². The summed E-state index contributed by atoms with van der Waals surface area (Å²) in [7, 11) is 4.13. The second-order valence-electron chi connectivity index (χ2n) is 6.67. The molecule has 0 unspecified atom stereocenters. The molecule has 0 fully saturated rings. The molecule has 5 heteroatoms. The van der Waals surface area contributed by atoms with Crippen LogP contribution in [0.2, 0.25) is 0 Å². The van der Waals surface area contributed by atoms with Crippen LogP contribution < -0.4 is 10.6 Å². The van der Waals surface area contributed by atoms with Gasteiger partial charge in [0.15, 0.2) is 5.82 Å². The maximum absolute atomic E-state index is 4.67. The van der Waals surface area contributed by atoms with E-state index in [9.17, 15) is 0 Å². The highest BCUT2D eigenvalue weighted by atomic mass is 15.1. The van der Waals surface area contributed by atoms with Crippen molar-refractivity contribution in [2.24, 2.45) is 5.92 Å². The summed E-state index contributed by atoms with van der Waals surface area (Å²) in [5.41, 5.74) is 1.03. The number of aromatic nitrogens is 2. The molecule has 2 aromatic rings. The highest BCUT2D eigenvalue weighted by molar-refractivity contribution is 5.61. The van der Waals surface area contributed by atoms with Crippen molar-refractivity contribution < 1.29 is 0 Å². The van der Waals surface area contributed by atoms with Gasteiger partial charge in [-0.3, -0.25) is 0 Å². The van der Waals surface area contributed by atoms with Crippen molar-refractivity contribution in [3.8, 4) is 11.4 Å². The lowest BCUT2D eigenvalue weighted by Gasteiger charge is -2.14. The van der Waals surface area contributed by atoms with Crippen molar-refractivity contribution in [2.45, 2.75) is 20.3 Å². The largest absolute Gasteiger partial charge is 0.370 e. The minimum atomic E-state index is 0.672. The third-order valence-electron chi connectivity index (χ3n) is 3.65. The zero-order valence-corrected chi connectivity index (χ0v) is 15.2. The van der Waals surface area contributed by atoms with Gasteiger partial charge in [0.2, 0.25) is 0 Å². The molecule has 0 spiro atoms. The molecule has 0 aliphatic heterocycles. The third-order valence-corrected chi connectivity index (χ3v) is 3.65. The summed E-state index contributed by atoms with van der Waals surface area (Å²) in [5.74, 6) is 3.15. The molecule has 1 heterocycles. The van der Waals surface area contributed by atoms with E-state index in [-0.39, 0.29) is 0 Å². The van der Waals surface area contributed by atoms with E-state index < -0.39 is 0 Å². The van der Waals surface area contributed by atoms with E-state index in [4.69, 9.17) is 0 Å². The fourth-order valence-electron chi connectivity index (χ4n) is 2.24. The lowest BCUT2D eigenvalue weighted by Crippen LogP contribution is -2.21. The van der Waals surface area contributed by atoms with E-state index in [0.717, 1.165) is 49.1 Å². The molecule has 0 saturated heterocycles. The Kier molecular flexibility index (Phi) is 7.00. The molecule has 1 aromatic carbocycles. The number of hydrogen-bond donors (Lipinski definition) is 2. The molecular formula is C19H29N5. The quantitative estimate of drug-likeness (QED) is 0.737. The molecule has 0 aliphatic rings. The highest BCUT2D eigenvalue weighted by Crippen LogP contribution is 2.20. The molecule has 0 amide bonds. The summed E-state index contributed by atoms with van der Waals surface area (Å²) in [6.07, 6.45) is 1.12. The molecule has 2 N–H and O–H groups in total. The van der Waals surface area contributed by atoms with Gasteiger partial charge in [0.25, 0.3) is 0 Å². The first-order valence-corrected chi connectivity index (χ1v) is 8.61. The minimum absolute atomic E-state index is 0.672. The lowest BCUT2D eigenvalue weighted by atomic mass is 10.1. The van der Waals surface area contributed by atoms with Crippen molar-refractivity contribution in [1.82, 2.24) is 14.9 Å². The predicted molar refractivity (Wildman–Crippen MR) is 102 cm³/mol. The summed E-state index contributed by atoms with van der Waals surface area (Å²) in [5, 5.41) is 6.82. The van der Waals surface area contributed by atoms with E-state index in [1.54, 1.807) is 0 Å². The molecule has 24 heavy (non-hydrogen) atoms. The first kappa shape index (κ1) is 18.2. The third kappa shape index (κ3) is 6.16. The molecule has 1 aromatic heterocycles. The number of nitrogens with one attached hydrogen (secondary N) is 2.